The lowest BCUT2D eigenvalue weighted by molar-refractivity contribution is -0.137. The Morgan fingerprint density at radius 1 is 1.53 bits per heavy atom. The number of carbonyl (C=O) groups is 1. The van der Waals surface area contributed by atoms with E-state index in [4.69, 9.17) is 16.7 Å². The van der Waals surface area contributed by atoms with Gasteiger partial charge in [-0.1, -0.05) is 11.6 Å². The largest absolute Gasteiger partial charge is 0.481 e. The van der Waals surface area contributed by atoms with Crippen LogP contribution in [0.15, 0.2) is 23.1 Å². The molecule has 0 spiro atoms. The molecular formula is C10H10ClNO4S. The lowest BCUT2D eigenvalue weighted by atomic mass is 10.2. The van der Waals surface area contributed by atoms with E-state index >= 15 is 0 Å². The van der Waals surface area contributed by atoms with Gasteiger partial charge in [0, 0.05) is 5.02 Å². The molecule has 1 atom stereocenters. The van der Waals surface area contributed by atoms with Crippen LogP contribution in [0.5, 0.6) is 0 Å². The van der Waals surface area contributed by atoms with Gasteiger partial charge in [0.05, 0.1) is 28.8 Å². The summed E-state index contributed by atoms with van der Waals surface area (Å²) >= 11 is 5.74. The van der Waals surface area contributed by atoms with E-state index in [9.17, 15) is 13.2 Å². The fourth-order valence-corrected chi connectivity index (χ4v) is 3.73. The minimum atomic E-state index is -3.47. The summed E-state index contributed by atoms with van der Waals surface area (Å²) in [7, 11) is -3.47. The zero-order chi connectivity index (χ0) is 12.6. The Bertz CT molecular complexity index is 570. The first-order valence-corrected chi connectivity index (χ1v) is 6.92. The first kappa shape index (κ1) is 12.2. The number of aliphatic carboxylic acids is 1. The van der Waals surface area contributed by atoms with Gasteiger partial charge in [0.15, 0.2) is 9.84 Å². The fourth-order valence-electron chi connectivity index (χ4n) is 1.81. The van der Waals surface area contributed by atoms with Gasteiger partial charge >= 0.3 is 5.97 Å². The van der Waals surface area contributed by atoms with E-state index in [2.05, 4.69) is 5.32 Å². The summed E-state index contributed by atoms with van der Waals surface area (Å²) < 4.78 is 23.9. The number of carboxylic acid groups (broad SMARTS) is 1. The molecule has 1 heterocycles. The van der Waals surface area contributed by atoms with E-state index in [0.29, 0.717) is 10.7 Å². The second kappa shape index (κ2) is 4.19. The minimum Gasteiger partial charge on any atom is -0.481 e. The highest BCUT2D eigenvalue weighted by molar-refractivity contribution is 7.91. The predicted octanol–water partition coefficient (Wildman–Crippen LogP) is 1.38. The maximum atomic E-state index is 11.9. The third-order valence-corrected chi connectivity index (χ3v) is 4.56. The summed E-state index contributed by atoms with van der Waals surface area (Å²) in [5.41, 5.74) is 0.409. The van der Waals surface area contributed by atoms with Crippen LogP contribution in [0.2, 0.25) is 5.02 Å². The molecule has 1 aromatic rings. The summed E-state index contributed by atoms with van der Waals surface area (Å²) in [4.78, 5) is 10.7. The Hall–Kier alpha value is -1.27. The summed E-state index contributed by atoms with van der Waals surface area (Å²) in [6.45, 7) is 0. The van der Waals surface area contributed by atoms with Gasteiger partial charge in [-0.05, 0) is 18.2 Å². The van der Waals surface area contributed by atoms with E-state index in [1.54, 1.807) is 12.1 Å². The molecule has 0 bridgehead atoms. The highest BCUT2D eigenvalue weighted by Crippen LogP contribution is 2.31. The Labute approximate surface area is 103 Å². The van der Waals surface area contributed by atoms with Crippen LogP contribution in [0.4, 0.5) is 5.69 Å². The Morgan fingerprint density at radius 2 is 2.24 bits per heavy atom. The molecule has 1 aromatic carbocycles. The molecule has 2 rings (SSSR count). The van der Waals surface area contributed by atoms with Crippen molar-refractivity contribution < 1.29 is 18.3 Å². The van der Waals surface area contributed by atoms with Crippen molar-refractivity contribution in [2.75, 3.05) is 11.1 Å². The summed E-state index contributed by atoms with van der Waals surface area (Å²) in [6, 6.07) is 3.87. The summed E-state index contributed by atoms with van der Waals surface area (Å²) in [5.74, 6) is -1.26. The van der Waals surface area contributed by atoms with E-state index < -0.39 is 21.8 Å². The molecular weight excluding hydrogens is 266 g/mol. The van der Waals surface area contributed by atoms with Crippen LogP contribution in [0, 0.1) is 0 Å². The van der Waals surface area contributed by atoms with Gasteiger partial charge in [0.1, 0.15) is 0 Å². The Kier molecular flexibility index (Phi) is 3.01. The van der Waals surface area contributed by atoms with Crippen molar-refractivity contribution in [2.45, 2.75) is 17.4 Å². The molecule has 1 aliphatic heterocycles. The predicted molar refractivity (Wildman–Crippen MR) is 63.2 cm³/mol. The average molecular weight is 276 g/mol. The standard InChI is InChI=1S/C10H10ClNO4S/c11-6-1-2-8-9(3-6)17(15,16)5-7(12-8)4-10(13)14/h1-3,7,12H,4-5H2,(H,13,14). The van der Waals surface area contributed by atoms with Crippen molar-refractivity contribution in [2.24, 2.45) is 0 Å². The second-order valence-electron chi connectivity index (χ2n) is 3.86. The highest BCUT2D eigenvalue weighted by Gasteiger charge is 2.31. The number of hydrogen-bond acceptors (Lipinski definition) is 4. The smallest absolute Gasteiger partial charge is 0.305 e. The number of anilines is 1. The number of fused-ring (bicyclic) bond motifs is 1. The normalized spacial score (nSPS) is 21.4. The van der Waals surface area contributed by atoms with Gasteiger partial charge in [0.25, 0.3) is 0 Å². The number of benzene rings is 1. The number of nitrogens with one attached hydrogen (secondary N) is 1. The van der Waals surface area contributed by atoms with E-state index in [0.717, 1.165) is 0 Å². The van der Waals surface area contributed by atoms with Gasteiger partial charge in [-0.2, -0.15) is 0 Å². The van der Waals surface area contributed by atoms with Crippen LogP contribution in [0.3, 0.4) is 0 Å². The number of hydrogen-bond donors (Lipinski definition) is 2. The molecule has 7 heteroatoms. The molecule has 17 heavy (non-hydrogen) atoms. The Morgan fingerprint density at radius 3 is 2.88 bits per heavy atom. The molecule has 92 valence electrons. The third kappa shape index (κ3) is 2.53. The van der Waals surface area contributed by atoms with E-state index in [1.165, 1.54) is 6.07 Å². The summed E-state index contributed by atoms with van der Waals surface area (Å²) in [6.07, 6.45) is -0.235. The third-order valence-electron chi connectivity index (χ3n) is 2.48. The van der Waals surface area contributed by atoms with Crippen molar-refractivity contribution in [3.8, 4) is 0 Å². The lowest BCUT2D eigenvalue weighted by Crippen LogP contribution is -2.35. The number of rotatable bonds is 2. The maximum Gasteiger partial charge on any atom is 0.305 e. The van der Waals surface area contributed by atoms with Crippen LogP contribution < -0.4 is 5.32 Å². The summed E-state index contributed by atoms with van der Waals surface area (Å²) in [5, 5.41) is 11.9. The molecule has 0 fully saturated rings. The van der Waals surface area contributed by atoms with Crippen molar-refractivity contribution in [1.82, 2.24) is 0 Å². The highest BCUT2D eigenvalue weighted by atomic mass is 35.5. The van der Waals surface area contributed by atoms with Crippen LogP contribution in [0.25, 0.3) is 0 Å². The molecule has 0 radical (unpaired) electrons. The van der Waals surface area contributed by atoms with Gasteiger partial charge in [-0.15, -0.1) is 0 Å². The van der Waals surface area contributed by atoms with E-state index in [1.807, 2.05) is 0 Å². The van der Waals surface area contributed by atoms with Gasteiger partial charge < -0.3 is 10.4 Å². The zero-order valence-electron chi connectivity index (χ0n) is 8.68. The van der Waals surface area contributed by atoms with Crippen LogP contribution in [-0.2, 0) is 14.6 Å². The quantitative estimate of drug-likeness (QED) is 0.852. The fraction of sp³-hybridized carbons (Fsp3) is 0.300. The molecule has 5 nitrogen and oxygen atoms in total. The van der Waals surface area contributed by atoms with Crippen molar-refractivity contribution in [3.63, 3.8) is 0 Å². The molecule has 0 saturated carbocycles. The molecule has 0 aliphatic carbocycles. The monoisotopic (exact) mass is 275 g/mol. The topological polar surface area (TPSA) is 83.5 Å². The zero-order valence-corrected chi connectivity index (χ0v) is 10.3. The van der Waals surface area contributed by atoms with Gasteiger partial charge in [0.2, 0.25) is 0 Å². The minimum absolute atomic E-state index is 0.131. The molecule has 1 aliphatic rings. The molecule has 1 unspecified atom stereocenters. The molecule has 2 N–H and O–H groups in total. The molecule has 0 aromatic heterocycles. The van der Waals surface area contributed by atoms with Crippen molar-refractivity contribution in [3.05, 3.63) is 23.2 Å². The van der Waals surface area contributed by atoms with Gasteiger partial charge in [-0.3, -0.25) is 4.79 Å². The van der Waals surface area contributed by atoms with E-state index in [-0.39, 0.29) is 17.1 Å². The first-order valence-electron chi connectivity index (χ1n) is 4.89. The SMILES string of the molecule is O=C(O)CC1CS(=O)(=O)c2cc(Cl)ccc2N1. The number of sulfone groups is 1. The van der Waals surface area contributed by atoms with Crippen LogP contribution in [0.1, 0.15) is 6.42 Å². The molecule has 0 amide bonds. The lowest BCUT2D eigenvalue weighted by Gasteiger charge is -2.25. The second-order valence-corrected chi connectivity index (χ2v) is 6.30. The van der Waals surface area contributed by atoms with Crippen molar-refractivity contribution in [1.29, 1.82) is 0 Å². The van der Waals surface area contributed by atoms with Crippen LogP contribution >= 0.6 is 11.6 Å². The molecule has 0 saturated heterocycles. The Balaban J connectivity index is 2.41. The first-order chi connectivity index (χ1) is 7.88. The van der Waals surface area contributed by atoms with Crippen LogP contribution in [-0.4, -0.2) is 31.3 Å². The van der Waals surface area contributed by atoms with Crippen molar-refractivity contribution >= 4 is 33.1 Å². The number of carboxylic acids is 1. The average Bonchev–Trinajstić information content (AvgIpc) is 2.17. The maximum absolute atomic E-state index is 11.9. The number of halogens is 1. The van der Waals surface area contributed by atoms with Gasteiger partial charge in [-0.25, -0.2) is 8.42 Å².